The van der Waals surface area contributed by atoms with Gasteiger partial charge in [-0.2, -0.15) is 0 Å². The maximum atomic E-state index is 12.6. The van der Waals surface area contributed by atoms with Gasteiger partial charge in [0.1, 0.15) is 0 Å². The Hall–Kier alpha value is -0.830. The van der Waals surface area contributed by atoms with Crippen molar-refractivity contribution < 1.29 is 4.79 Å². The van der Waals surface area contributed by atoms with Crippen molar-refractivity contribution in [3.05, 3.63) is 33.8 Å². The molecule has 0 fully saturated rings. The van der Waals surface area contributed by atoms with Crippen molar-refractivity contribution in [1.82, 2.24) is 4.90 Å². The van der Waals surface area contributed by atoms with Crippen LogP contribution < -0.4 is 0 Å². The van der Waals surface area contributed by atoms with E-state index in [0.717, 1.165) is 46.9 Å². The quantitative estimate of drug-likeness (QED) is 0.512. The van der Waals surface area contributed by atoms with Gasteiger partial charge in [-0.15, -0.1) is 0 Å². The number of halogens is 1. The Bertz CT molecular complexity index is 522. The molecule has 0 radical (unpaired) electrons. The molecule has 1 unspecified atom stereocenters. The van der Waals surface area contributed by atoms with E-state index in [1.165, 1.54) is 32.1 Å². The molecule has 0 saturated carbocycles. The van der Waals surface area contributed by atoms with E-state index in [0.29, 0.717) is 0 Å². The molecular weight excluding hydrogens is 350 g/mol. The van der Waals surface area contributed by atoms with Gasteiger partial charge in [-0.05, 0) is 45.8 Å². The summed E-state index contributed by atoms with van der Waals surface area (Å²) in [5.41, 5.74) is 2.04. The second-order valence-electron chi connectivity index (χ2n) is 6.80. The van der Waals surface area contributed by atoms with E-state index in [1.54, 1.807) is 0 Å². The number of amides is 1. The highest BCUT2D eigenvalue weighted by molar-refractivity contribution is 9.10. The van der Waals surface area contributed by atoms with E-state index in [4.69, 9.17) is 0 Å². The molecule has 1 aliphatic rings. The van der Waals surface area contributed by atoms with Gasteiger partial charge in [-0.3, -0.25) is 4.79 Å². The zero-order valence-electron chi connectivity index (χ0n) is 14.8. The van der Waals surface area contributed by atoms with Crippen LogP contribution in [0.25, 0.3) is 0 Å². The topological polar surface area (TPSA) is 20.3 Å². The van der Waals surface area contributed by atoms with Gasteiger partial charge >= 0.3 is 0 Å². The monoisotopic (exact) mass is 379 g/mol. The van der Waals surface area contributed by atoms with E-state index < -0.39 is 0 Å². The van der Waals surface area contributed by atoms with Gasteiger partial charge in [0.2, 0.25) is 0 Å². The zero-order chi connectivity index (χ0) is 16.8. The maximum Gasteiger partial charge on any atom is 0.255 e. The third-order valence-corrected chi connectivity index (χ3v) is 5.90. The van der Waals surface area contributed by atoms with Crippen LogP contribution in [0.1, 0.15) is 75.2 Å². The summed E-state index contributed by atoms with van der Waals surface area (Å²) < 4.78 is 0.935. The predicted molar refractivity (Wildman–Crippen MR) is 101 cm³/mol. The molecule has 0 bridgehead atoms. The van der Waals surface area contributed by atoms with Gasteiger partial charge in [0.15, 0.2) is 0 Å². The molecule has 2 rings (SSSR count). The van der Waals surface area contributed by atoms with Crippen LogP contribution in [-0.4, -0.2) is 17.4 Å². The number of nitrogens with zero attached hydrogens (tertiary/aromatic N) is 1. The number of fused-ring (bicyclic) bond motifs is 1. The minimum atomic E-state index is 0.199. The highest BCUT2D eigenvalue weighted by atomic mass is 79.9. The molecule has 3 heteroatoms. The fourth-order valence-electron chi connectivity index (χ4n) is 4.01. The number of rotatable bonds is 9. The molecule has 1 aliphatic heterocycles. The smallest absolute Gasteiger partial charge is 0.255 e. The lowest BCUT2D eigenvalue weighted by Gasteiger charge is -2.28. The Labute approximate surface area is 149 Å². The summed E-state index contributed by atoms with van der Waals surface area (Å²) >= 11 is 3.53. The number of carbonyl (C=O) groups excluding carboxylic acids is 1. The molecule has 1 heterocycles. The molecule has 1 aromatic rings. The molecule has 0 spiro atoms. The lowest BCUT2D eigenvalue weighted by molar-refractivity contribution is 0.0759. The van der Waals surface area contributed by atoms with Crippen LogP contribution >= 0.6 is 15.9 Å². The van der Waals surface area contributed by atoms with Crippen LogP contribution in [0.3, 0.4) is 0 Å². The second-order valence-corrected chi connectivity index (χ2v) is 7.65. The molecule has 23 heavy (non-hydrogen) atoms. The summed E-state index contributed by atoms with van der Waals surface area (Å²) in [6, 6.07) is 6.06. The van der Waals surface area contributed by atoms with Crippen LogP contribution in [0.2, 0.25) is 0 Å². The summed E-state index contributed by atoms with van der Waals surface area (Å²) in [4.78, 5) is 14.7. The first-order chi connectivity index (χ1) is 11.1. The average molecular weight is 380 g/mol. The Morgan fingerprint density at radius 3 is 2.35 bits per heavy atom. The number of hydrogen-bond acceptors (Lipinski definition) is 1. The highest BCUT2D eigenvalue weighted by Gasteiger charge is 2.30. The van der Waals surface area contributed by atoms with Crippen molar-refractivity contribution >= 4 is 21.8 Å². The number of benzene rings is 1. The van der Waals surface area contributed by atoms with Crippen LogP contribution in [0.4, 0.5) is 0 Å². The highest BCUT2D eigenvalue weighted by Crippen LogP contribution is 2.32. The molecular formula is C20H30BrNO. The minimum absolute atomic E-state index is 0.199. The van der Waals surface area contributed by atoms with Crippen molar-refractivity contribution in [3.8, 4) is 0 Å². The fourth-order valence-corrected chi connectivity index (χ4v) is 4.59. The lowest BCUT2D eigenvalue weighted by atomic mass is 9.81. The molecule has 0 aromatic heterocycles. The molecule has 1 aromatic carbocycles. The van der Waals surface area contributed by atoms with Gasteiger partial charge in [0.05, 0.1) is 5.56 Å². The van der Waals surface area contributed by atoms with Crippen molar-refractivity contribution in [2.75, 3.05) is 6.54 Å². The summed E-state index contributed by atoms with van der Waals surface area (Å²) in [7, 11) is 0. The predicted octanol–water partition coefficient (Wildman–Crippen LogP) is 6.04. The van der Waals surface area contributed by atoms with Crippen molar-refractivity contribution in [2.45, 2.75) is 65.8 Å². The third kappa shape index (κ3) is 4.37. The Balaban J connectivity index is 1.97. The number of hydrogen-bond donors (Lipinski definition) is 0. The Morgan fingerprint density at radius 2 is 1.78 bits per heavy atom. The SMILES string of the molecule is CCCC(CCC)C(CC)CCN1Cc2cccc(Br)c2C1=O. The van der Waals surface area contributed by atoms with E-state index in [2.05, 4.69) is 42.8 Å². The van der Waals surface area contributed by atoms with Crippen LogP contribution in [0, 0.1) is 11.8 Å². The van der Waals surface area contributed by atoms with Gasteiger partial charge in [-0.25, -0.2) is 0 Å². The maximum absolute atomic E-state index is 12.6. The first-order valence-electron chi connectivity index (χ1n) is 9.18. The average Bonchev–Trinajstić information content (AvgIpc) is 2.86. The van der Waals surface area contributed by atoms with Crippen LogP contribution in [0.15, 0.2) is 22.7 Å². The zero-order valence-corrected chi connectivity index (χ0v) is 16.4. The van der Waals surface area contributed by atoms with Crippen LogP contribution in [0.5, 0.6) is 0 Å². The number of carbonyl (C=O) groups is 1. The summed E-state index contributed by atoms with van der Waals surface area (Å²) in [5, 5.41) is 0. The van der Waals surface area contributed by atoms with Gasteiger partial charge in [-0.1, -0.05) is 65.0 Å². The van der Waals surface area contributed by atoms with Gasteiger partial charge < -0.3 is 4.90 Å². The largest absolute Gasteiger partial charge is 0.334 e. The molecule has 0 aliphatic carbocycles. The molecule has 0 saturated heterocycles. The van der Waals surface area contributed by atoms with Gasteiger partial charge in [0.25, 0.3) is 5.91 Å². The van der Waals surface area contributed by atoms with E-state index >= 15 is 0 Å². The third-order valence-electron chi connectivity index (χ3n) is 5.24. The van der Waals surface area contributed by atoms with Crippen molar-refractivity contribution in [3.63, 3.8) is 0 Å². The van der Waals surface area contributed by atoms with Crippen molar-refractivity contribution in [1.29, 1.82) is 0 Å². The van der Waals surface area contributed by atoms with E-state index in [1.807, 2.05) is 17.0 Å². The van der Waals surface area contributed by atoms with Crippen LogP contribution in [-0.2, 0) is 6.54 Å². The first-order valence-corrected chi connectivity index (χ1v) is 9.98. The normalized spacial score (nSPS) is 15.3. The van der Waals surface area contributed by atoms with Gasteiger partial charge in [0, 0.05) is 17.6 Å². The lowest BCUT2D eigenvalue weighted by Crippen LogP contribution is -2.28. The summed E-state index contributed by atoms with van der Waals surface area (Å²) in [6.45, 7) is 8.54. The molecule has 1 amide bonds. The standard InChI is InChI=1S/C20H30BrNO/c1-4-8-16(9-5-2)15(6-3)12-13-22-14-17-10-7-11-18(21)19(17)20(22)23/h7,10-11,15-16H,4-6,8-9,12-14H2,1-3H3. The summed E-state index contributed by atoms with van der Waals surface area (Å²) in [5.74, 6) is 1.77. The Morgan fingerprint density at radius 1 is 1.09 bits per heavy atom. The van der Waals surface area contributed by atoms with E-state index in [-0.39, 0.29) is 5.91 Å². The fraction of sp³-hybridized carbons (Fsp3) is 0.650. The minimum Gasteiger partial charge on any atom is -0.334 e. The molecule has 1 atom stereocenters. The summed E-state index contributed by atoms with van der Waals surface area (Å²) in [6.07, 6.45) is 7.55. The molecule has 2 nitrogen and oxygen atoms in total. The van der Waals surface area contributed by atoms with Crippen molar-refractivity contribution in [2.24, 2.45) is 11.8 Å². The van der Waals surface area contributed by atoms with E-state index in [9.17, 15) is 4.79 Å². The molecule has 0 N–H and O–H groups in total. The first kappa shape index (κ1) is 18.5. The second kappa shape index (κ2) is 8.86. The molecule has 128 valence electrons. The Kier molecular flexibility index (Phi) is 7.13.